The fraction of sp³-hybridized carbons (Fsp3) is 0.300. The number of amides is 1. The Morgan fingerprint density at radius 1 is 1.50 bits per heavy atom. The van der Waals surface area contributed by atoms with Gasteiger partial charge in [-0.1, -0.05) is 0 Å². The first-order chi connectivity index (χ1) is 8.28. The summed E-state index contributed by atoms with van der Waals surface area (Å²) in [5.41, 5.74) is 5.55. The van der Waals surface area contributed by atoms with Crippen molar-refractivity contribution in [2.45, 2.75) is 4.90 Å². The van der Waals surface area contributed by atoms with Crippen LogP contribution in [-0.2, 0) is 14.8 Å². The van der Waals surface area contributed by atoms with Gasteiger partial charge >= 0.3 is 0 Å². The number of sulfonamides is 1. The van der Waals surface area contributed by atoms with E-state index >= 15 is 0 Å². The summed E-state index contributed by atoms with van der Waals surface area (Å²) in [5.74, 6) is -1.40. The Morgan fingerprint density at radius 2 is 2.11 bits per heavy atom. The van der Waals surface area contributed by atoms with E-state index in [4.69, 9.17) is 5.73 Å². The lowest BCUT2D eigenvalue weighted by Crippen LogP contribution is -2.37. The molecule has 6 nitrogen and oxygen atoms in total. The average Bonchev–Trinajstić information content (AvgIpc) is 2.31. The van der Waals surface area contributed by atoms with Crippen LogP contribution in [0.3, 0.4) is 0 Å². The van der Waals surface area contributed by atoms with Crippen LogP contribution in [0.15, 0.2) is 23.1 Å². The van der Waals surface area contributed by atoms with Gasteiger partial charge in [0.2, 0.25) is 15.9 Å². The van der Waals surface area contributed by atoms with E-state index in [1.54, 1.807) is 0 Å². The van der Waals surface area contributed by atoms with Crippen LogP contribution in [0.1, 0.15) is 0 Å². The highest BCUT2D eigenvalue weighted by atomic mass is 32.2. The number of rotatable bonds is 4. The van der Waals surface area contributed by atoms with Crippen LogP contribution in [0.4, 0.5) is 10.1 Å². The molecule has 0 aliphatic rings. The lowest BCUT2D eigenvalue weighted by Gasteiger charge is -2.16. The second kappa shape index (κ2) is 5.32. The predicted molar refractivity (Wildman–Crippen MR) is 64.7 cm³/mol. The molecule has 1 amide bonds. The number of hydrogen-bond acceptors (Lipinski definition) is 4. The molecule has 0 atom stereocenters. The molecule has 0 saturated heterocycles. The minimum Gasteiger partial charge on any atom is -0.399 e. The maximum absolute atomic E-state index is 13.5. The number of carbonyl (C=O) groups excluding carboxylic acids is 1. The zero-order chi connectivity index (χ0) is 13.9. The lowest BCUT2D eigenvalue weighted by molar-refractivity contribution is -0.120. The monoisotopic (exact) mass is 275 g/mol. The standard InChI is InChI=1S/C10H14FN3O3S/c1-13-10(15)6-14(2)18(16,17)9-5-7(12)3-4-8(9)11/h3-5H,6,12H2,1-2H3,(H,13,15). The van der Waals surface area contributed by atoms with E-state index in [1.807, 2.05) is 0 Å². The van der Waals surface area contributed by atoms with Crippen LogP contribution in [0.2, 0.25) is 0 Å². The Hall–Kier alpha value is -1.67. The highest BCUT2D eigenvalue weighted by Crippen LogP contribution is 2.20. The summed E-state index contributed by atoms with van der Waals surface area (Å²) in [5, 5.41) is 2.28. The summed E-state index contributed by atoms with van der Waals surface area (Å²) < 4.78 is 38.3. The smallest absolute Gasteiger partial charge is 0.246 e. The van der Waals surface area contributed by atoms with Gasteiger partial charge in [0, 0.05) is 19.8 Å². The van der Waals surface area contributed by atoms with Crippen LogP contribution < -0.4 is 11.1 Å². The average molecular weight is 275 g/mol. The van der Waals surface area contributed by atoms with Gasteiger partial charge in [0.1, 0.15) is 10.7 Å². The minimum absolute atomic E-state index is 0.128. The first-order valence-corrected chi connectivity index (χ1v) is 6.45. The van der Waals surface area contributed by atoms with Crippen molar-refractivity contribution in [3.63, 3.8) is 0 Å². The van der Waals surface area contributed by atoms with Gasteiger partial charge in [0.15, 0.2) is 0 Å². The molecule has 0 radical (unpaired) electrons. The molecular weight excluding hydrogens is 261 g/mol. The van der Waals surface area contributed by atoms with Crippen molar-refractivity contribution in [2.75, 3.05) is 26.4 Å². The first-order valence-electron chi connectivity index (χ1n) is 5.01. The van der Waals surface area contributed by atoms with E-state index in [0.717, 1.165) is 16.4 Å². The van der Waals surface area contributed by atoms with Crippen molar-refractivity contribution in [3.8, 4) is 0 Å². The third-order valence-corrected chi connectivity index (χ3v) is 4.11. The molecule has 18 heavy (non-hydrogen) atoms. The predicted octanol–water partition coefficient (Wildman–Crippen LogP) is -0.226. The minimum atomic E-state index is -4.08. The number of nitrogens with one attached hydrogen (secondary N) is 1. The van der Waals surface area contributed by atoms with Crippen molar-refractivity contribution in [2.24, 2.45) is 0 Å². The number of likely N-dealkylation sites (N-methyl/N-ethyl adjacent to an activating group) is 2. The van der Waals surface area contributed by atoms with Crippen molar-refractivity contribution in [1.29, 1.82) is 0 Å². The molecule has 0 spiro atoms. The van der Waals surface area contributed by atoms with E-state index in [9.17, 15) is 17.6 Å². The van der Waals surface area contributed by atoms with Crippen LogP contribution >= 0.6 is 0 Å². The Balaban J connectivity index is 3.13. The topological polar surface area (TPSA) is 92.5 Å². The van der Waals surface area contributed by atoms with Gasteiger partial charge in [-0.2, -0.15) is 4.31 Å². The largest absolute Gasteiger partial charge is 0.399 e. The Morgan fingerprint density at radius 3 is 2.67 bits per heavy atom. The number of benzene rings is 1. The Kier molecular flexibility index (Phi) is 4.25. The molecule has 0 saturated carbocycles. The van der Waals surface area contributed by atoms with Crippen molar-refractivity contribution in [1.82, 2.24) is 9.62 Å². The van der Waals surface area contributed by atoms with Crippen molar-refractivity contribution >= 4 is 21.6 Å². The molecule has 0 aliphatic carbocycles. The van der Waals surface area contributed by atoms with Gasteiger partial charge in [-0.3, -0.25) is 4.79 Å². The molecule has 100 valence electrons. The summed E-state index contributed by atoms with van der Waals surface area (Å²) in [6.45, 7) is -0.396. The highest BCUT2D eigenvalue weighted by Gasteiger charge is 2.26. The zero-order valence-corrected chi connectivity index (χ0v) is 10.8. The number of anilines is 1. The van der Waals surface area contributed by atoms with E-state index in [-0.39, 0.29) is 5.69 Å². The summed E-state index contributed by atoms with van der Waals surface area (Å²) in [7, 11) is -1.51. The Bertz CT molecular complexity index is 559. The van der Waals surface area contributed by atoms with Gasteiger partial charge in [-0.05, 0) is 18.2 Å². The lowest BCUT2D eigenvalue weighted by atomic mass is 10.3. The molecule has 0 unspecified atom stereocenters. The number of halogens is 1. The first kappa shape index (κ1) is 14.4. The maximum atomic E-state index is 13.5. The molecule has 1 aromatic carbocycles. The number of nitrogen functional groups attached to an aromatic ring is 1. The molecule has 8 heteroatoms. The fourth-order valence-corrected chi connectivity index (χ4v) is 2.47. The van der Waals surface area contributed by atoms with Crippen LogP contribution in [-0.4, -0.2) is 39.3 Å². The fourth-order valence-electron chi connectivity index (χ4n) is 1.25. The second-order valence-electron chi connectivity index (χ2n) is 3.62. The molecular formula is C10H14FN3O3S. The van der Waals surface area contributed by atoms with E-state index in [2.05, 4.69) is 5.32 Å². The van der Waals surface area contributed by atoms with Crippen LogP contribution in [0, 0.1) is 5.82 Å². The maximum Gasteiger partial charge on any atom is 0.246 e. The van der Waals surface area contributed by atoms with Gasteiger partial charge in [-0.25, -0.2) is 12.8 Å². The Labute approximate surface area is 105 Å². The number of hydrogen-bond donors (Lipinski definition) is 2. The van der Waals surface area contributed by atoms with Gasteiger partial charge in [0.05, 0.1) is 6.54 Å². The number of carbonyl (C=O) groups is 1. The zero-order valence-electron chi connectivity index (χ0n) is 9.97. The second-order valence-corrected chi connectivity index (χ2v) is 5.64. The van der Waals surface area contributed by atoms with Crippen molar-refractivity contribution in [3.05, 3.63) is 24.0 Å². The summed E-state index contributed by atoms with van der Waals surface area (Å²) in [6.07, 6.45) is 0. The van der Waals surface area contributed by atoms with Crippen LogP contribution in [0.25, 0.3) is 0 Å². The van der Waals surface area contributed by atoms with Gasteiger partial charge in [-0.15, -0.1) is 0 Å². The molecule has 0 fully saturated rings. The molecule has 0 aliphatic heterocycles. The van der Waals surface area contributed by atoms with Crippen molar-refractivity contribution < 1.29 is 17.6 Å². The van der Waals surface area contributed by atoms with Gasteiger partial charge < -0.3 is 11.1 Å². The van der Waals surface area contributed by atoms with E-state index in [1.165, 1.54) is 20.2 Å². The number of nitrogens with zero attached hydrogens (tertiary/aromatic N) is 1. The quantitative estimate of drug-likeness (QED) is 0.743. The normalized spacial score (nSPS) is 11.6. The molecule has 3 N–H and O–H groups in total. The summed E-state index contributed by atoms with van der Waals surface area (Å²) in [6, 6.07) is 3.24. The molecule has 0 heterocycles. The summed E-state index contributed by atoms with van der Waals surface area (Å²) >= 11 is 0. The van der Waals surface area contributed by atoms with Gasteiger partial charge in [0.25, 0.3) is 0 Å². The van der Waals surface area contributed by atoms with E-state index < -0.39 is 33.2 Å². The molecule has 0 bridgehead atoms. The number of nitrogens with two attached hydrogens (primary N) is 1. The summed E-state index contributed by atoms with van der Waals surface area (Å²) in [4.78, 5) is 10.6. The third kappa shape index (κ3) is 2.96. The molecule has 1 rings (SSSR count). The van der Waals surface area contributed by atoms with Crippen LogP contribution in [0.5, 0.6) is 0 Å². The highest BCUT2D eigenvalue weighted by molar-refractivity contribution is 7.89. The van der Waals surface area contributed by atoms with E-state index in [0.29, 0.717) is 0 Å². The third-order valence-electron chi connectivity index (χ3n) is 2.29. The SMILES string of the molecule is CNC(=O)CN(C)S(=O)(=O)c1cc(N)ccc1F. The molecule has 1 aromatic rings. The molecule has 0 aromatic heterocycles.